The lowest BCUT2D eigenvalue weighted by Crippen LogP contribution is -2.48. The van der Waals surface area contributed by atoms with Gasteiger partial charge in [0.05, 0.1) is 0 Å². The third kappa shape index (κ3) is 3.84. The van der Waals surface area contributed by atoms with E-state index in [0.29, 0.717) is 0 Å². The van der Waals surface area contributed by atoms with Gasteiger partial charge in [-0.05, 0) is 12.3 Å². The first kappa shape index (κ1) is 13.2. The summed E-state index contributed by atoms with van der Waals surface area (Å²) in [6.45, 7) is 3.36. The predicted molar refractivity (Wildman–Crippen MR) is 48.8 cm³/mol. The van der Waals surface area contributed by atoms with E-state index in [2.05, 4.69) is 0 Å². The average Bonchev–Trinajstić information content (AvgIpc) is 2.00. The van der Waals surface area contributed by atoms with Crippen LogP contribution in [0.3, 0.4) is 0 Å². The van der Waals surface area contributed by atoms with E-state index >= 15 is 0 Å². The van der Waals surface area contributed by atoms with E-state index in [-0.39, 0.29) is 17.2 Å². The Morgan fingerprint density at radius 3 is 1.67 bits per heavy atom. The summed E-state index contributed by atoms with van der Waals surface area (Å²) in [6.07, 6.45) is -3.61. The molecule has 0 aromatic heterocycles. The SMILES string of the molecule is CC(C)CC(C(=O)O)N(C(=O)O)C(=O)O. The van der Waals surface area contributed by atoms with E-state index in [1.165, 1.54) is 0 Å². The van der Waals surface area contributed by atoms with Gasteiger partial charge in [-0.1, -0.05) is 13.8 Å². The van der Waals surface area contributed by atoms with Crippen LogP contribution in [-0.2, 0) is 4.79 Å². The van der Waals surface area contributed by atoms with Crippen molar-refractivity contribution in [2.45, 2.75) is 26.3 Å². The molecule has 7 heteroatoms. The Morgan fingerprint density at radius 2 is 1.47 bits per heavy atom. The standard InChI is InChI=1S/C8H13NO6/c1-4(2)3-5(6(10)11)9(7(12)13)8(14)15/h4-5H,3H2,1-2H3,(H,10,11)(H,12,13)(H,14,15). The number of hydrogen-bond acceptors (Lipinski definition) is 3. The molecule has 3 N–H and O–H groups in total. The number of carbonyl (C=O) groups is 3. The first-order valence-corrected chi connectivity index (χ1v) is 4.25. The molecule has 0 saturated carbocycles. The molecule has 0 heterocycles. The maximum absolute atomic E-state index is 10.7. The summed E-state index contributed by atoms with van der Waals surface area (Å²) in [5.41, 5.74) is 0. The lowest BCUT2D eigenvalue weighted by molar-refractivity contribution is -0.142. The van der Waals surface area contributed by atoms with Crippen LogP contribution in [0.15, 0.2) is 0 Å². The molecular weight excluding hydrogens is 206 g/mol. The normalized spacial score (nSPS) is 12.2. The summed E-state index contributed by atoms with van der Waals surface area (Å²) in [6, 6.07) is -1.56. The van der Waals surface area contributed by atoms with Gasteiger partial charge in [0.1, 0.15) is 6.04 Å². The monoisotopic (exact) mass is 219 g/mol. The molecular formula is C8H13NO6. The predicted octanol–water partition coefficient (Wildman–Crippen LogP) is 1.14. The highest BCUT2D eigenvalue weighted by Crippen LogP contribution is 2.12. The van der Waals surface area contributed by atoms with E-state index in [9.17, 15) is 14.4 Å². The molecule has 2 amide bonds. The number of aliphatic carboxylic acids is 1. The van der Waals surface area contributed by atoms with Gasteiger partial charge in [-0.15, -0.1) is 0 Å². The second kappa shape index (κ2) is 5.18. The Morgan fingerprint density at radius 1 is 1.07 bits per heavy atom. The minimum absolute atomic E-state index is 0.0477. The van der Waals surface area contributed by atoms with Crippen LogP contribution in [0, 0.1) is 5.92 Å². The zero-order valence-electron chi connectivity index (χ0n) is 8.38. The fourth-order valence-corrected chi connectivity index (χ4v) is 1.11. The maximum atomic E-state index is 10.7. The lowest BCUT2D eigenvalue weighted by atomic mass is 10.0. The van der Waals surface area contributed by atoms with Gasteiger partial charge in [0.2, 0.25) is 0 Å². The first-order valence-electron chi connectivity index (χ1n) is 4.25. The highest BCUT2D eigenvalue weighted by molar-refractivity contribution is 5.91. The second-order valence-corrected chi connectivity index (χ2v) is 3.42. The van der Waals surface area contributed by atoms with Gasteiger partial charge in [-0.3, -0.25) is 0 Å². The first-order chi connectivity index (χ1) is 6.77. The fraction of sp³-hybridized carbons (Fsp3) is 0.625. The minimum atomic E-state index is -1.78. The molecule has 1 atom stereocenters. The van der Waals surface area contributed by atoms with Crippen LogP contribution >= 0.6 is 0 Å². The van der Waals surface area contributed by atoms with Crippen molar-refractivity contribution in [2.24, 2.45) is 5.92 Å². The molecule has 0 aliphatic rings. The summed E-state index contributed by atoms with van der Waals surface area (Å²) >= 11 is 0. The van der Waals surface area contributed by atoms with E-state index in [4.69, 9.17) is 15.3 Å². The van der Waals surface area contributed by atoms with Crippen molar-refractivity contribution in [1.29, 1.82) is 0 Å². The molecule has 0 radical (unpaired) electrons. The second-order valence-electron chi connectivity index (χ2n) is 3.42. The van der Waals surface area contributed by atoms with Gasteiger partial charge < -0.3 is 15.3 Å². The van der Waals surface area contributed by atoms with Crippen molar-refractivity contribution < 1.29 is 29.7 Å². The molecule has 0 fully saturated rings. The zero-order valence-corrected chi connectivity index (χ0v) is 8.38. The Labute approximate surface area is 85.9 Å². The van der Waals surface area contributed by atoms with Crippen molar-refractivity contribution in [2.75, 3.05) is 0 Å². The van der Waals surface area contributed by atoms with Gasteiger partial charge in [0.15, 0.2) is 0 Å². The lowest BCUT2D eigenvalue weighted by Gasteiger charge is -2.22. The van der Waals surface area contributed by atoms with Crippen LogP contribution in [0.2, 0.25) is 0 Å². The van der Waals surface area contributed by atoms with E-state index in [0.717, 1.165) is 0 Å². The molecule has 0 aromatic carbocycles. The van der Waals surface area contributed by atoms with Crippen LogP contribution in [0.25, 0.3) is 0 Å². The highest BCUT2D eigenvalue weighted by Gasteiger charge is 2.35. The largest absolute Gasteiger partial charge is 0.480 e. The number of amides is 2. The van der Waals surface area contributed by atoms with Gasteiger partial charge in [0.25, 0.3) is 0 Å². The Bertz CT molecular complexity index is 260. The maximum Gasteiger partial charge on any atom is 0.417 e. The molecule has 0 aliphatic heterocycles. The summed E-state index contributed by atoms with van der Waals surface area (Å²) < 4.78 is 0. The number of hydrogen-bond donors (Lipinski definition) is 3. The van der Waals surface area contributed by atoms with Gasteiger partial charge in [0, 0.05) is 0 Å². The van der Waals surface area contributed by atoms with Crippen LogP contribution in [0.4, 0.5) is 9.59 Å². The molecule has 1 unspecified atom stereocenters. The number of imide groups is 1. The van der Waals surface area contributed by atoms with Gasteiger partial charge in [-0.25, -0.2) is 14.4 Å². The van der Waals surface area contributed by atoms with E-state index in [1.54, 1.807) is 13.8 Å². The van der Waals surface area contributed by atoms with Crippen molar-refractivity contribution in [3.05, 3.63) is 0 Å². The Balaban J connectivity index is 4.92. The van der Waals surface area contributed by atoms with Gasteiger partial charge >= 0.3 is 18.2 Å². The number of rotatable bonds is 4. The third-order valence-electron chi connectivity index (χ3n) is 1.70. The van der Waals surface area contributed by atoms with Crippen LogP contribution in [0.5, 0.6) is 0 Å². The van der Waals surface area contributed by atoms with Crippen LogP contribution in [-0.4, -0.2) is 44.4 Å². The van der Waals surface area contributed by atoms with Crippen LogP contribution in [0.1, 0.15) is 20.3 Å². The van der Waals surface area contributed by atoms with E-state index < -0.39 is 24.2 Å². The number of carboxylic acid groups (broad SMARTS) is 3. The average molecular weight is 219 g/mol. The molecule has 0 saturated heterocycles. The molecule has 7 nitrogen and oxygen atoms in total. The fourth-order valence-electron chi connectivity index (χ4n) is 1.11. The smallest absolute Gasteiger partial charge is 0.417 e. The molecule has 0 bridgehead atoms. The Kier molecular flexibility index (Phi) is 4.56. The topological polar surface area (TPSA) is 115 Å². The van der Waals surface area contributed by atoms with Crippen molar-refractivity contribution in [3.8, 4) is 0 Å². The summed E-state index contributed by atoms with van der Waals surface area (Å²) in [5, 5.41) is 25.8. The molecule has 0 aromatic rings. The number of carboxylic acids is 1. The highest BCUT2D eigenvalue weighted by atomic mass is 16.4. The van der Waals surface area contributed by atoms with E-state index in [1.807, 2.05) is 0 Å². The Hall–Kier alpha value is -1.79. The van der Waals surface area contributed by atoms with Gasteiger partial charge in [-0.2, -0.15) is 4.90 Å². The minimum Gasteiger partial charge on any atom is -0.480 e. The summed E-state index contributed by atoms with van der Waals surface area (Å²) in [7, 11) is 0. The van der Waals surface area contributed by atoms with Crippen molar-refractivity contribution in [1.82, 2.24) is 4.90 Å². The van der Waals surface area contributed by atoms with Crippen molar-refractivity contribution in [3.63, 3.8) is 0 Å². The van der Waals surface area contributed by atoms with Crippen LogP contribution < -0.4 is 0 Å². The zero-order chi connectivity index (χ0) is 12.2. The summed E-state index contributed by atoms with van der Waals surface area (Å²) in [5.74, 6) is -1.58. The summed E-state index contributed by atoms with van der Waals surface area (Å²) in [4.78, 5) is 31.7. The molecule has 15 heavy (non-hydrogen) atoms. The van der Waals surface area contributed by atoms with Crippen molar-refractivity contribution >= 4 is 18.2 Å². The third-order valence-corrected chi connectivity index (χ3v) is 1.70. The molecule has 0 aliphatic carbocycles. The molecule has 86 valence electrons. The number of nitrogens with zero attached hydrogens (tertiary/aromatic N) is 1. The molecule has 0 spiro atoms. The molecule has 0 rings (SSSR count). The quantitative estimate of drug-likeness (QED) is 0.653.